The van der Waals surface area contributed by atoms with E-state index in [1.54, 1.807) is 25.1 Å². The molecule has 21 heavy (non-hydrogen) atoms. The minimum atomic E-state index is -3.85. The lowest BCUT2D eigenvalue weighted by atomic mass is 10.1. The fraction of sp³-hybridized carbons (Fsp3) is 0.188. The van der Waals surface area contributed by atoms with E-state index >= 15 is 0 Å². The summed E-state index contributed by atoms with van der Waals surface area (Å²) in [7, 11) is -2.55. The second-order valence-corrected chi connectivity index (χ2v) is 6.52. The van der Waals surface area contributed by atoms with Crippen molar-refractivity contribution in [2.45, 2.75) is 18.2 Å². The van der Waals surface area contributed by atoms with Gasteiger partial charge in [0.1, 0.15) is 0 Å². The summed E-state index contributed by atoms with van der Waals surface area (Å²) in [6.45, 7) is 1.64. The van der Waals surface area contributed by atoms with Gasteiger partial charge in [0.15, 0.2) is 0 Å². The highest BCUT2D eigenvalue weighted by Gasteiger charge is 2.26. The summed E-state index contributed by atoms with van der Waals surface area (Å²) < 4.78 is 26.1. The zero-order valence-electron chi connectivity index (χ0n) is 12.0. The molecule has 0 aliphatic rings. The molecule has 0 saturated heterocycles. The summed E-state index contributed by atoms with van der Waals surface area (Å²) in [5.41, 5.74) is 1.39. The van der Waals surface area contributed by atoms with E-state index in [1.807, 2.05) is 30.3 Å². The van der Waals surface area contributed by atoms with Gasteiger partial charge in [0.05, 0.1) is 4.90 Å². The summed E-state index contributed by atoms with van der Waals surface area (Å²) >= 11 is 0. The molecule has 0 unspecified atom stereocenters. The number of benzene rings is 2. The van der Waals surface area contributed by atoms with E-state index in [0.717, 1.165) is 9.87 Å². The Morgan fingerprint density at radius 1 is 1.00 bits per heavy atom. The van der Waals surface area contributed by atoms with Crippen LogP contribution in [0.1, 0.15) is 13.3 Å². The second-order valence-electron chi connectivity index (χ2n) is 4.58. The molecule has 0 spiro atoms. The highest BCUT2D eigenvalue weighted by Crippen LogP contribution is 2.28. The zero-order valence-corrected chi connectivity index (χ0v) is 12.8. The molecule has 2 aromatic rings. The third kappa shape index (κ3) is 2.97. The van der Waals surface area contributed by atoms with Crippen molar-refractivity contribution in [3.8, 4) is 11.1 Å². The predicted molar refractivity (Wildman–Crippen MR) is 82.1 cm³/mol. The maximum Gasteiger partial charge on any atom is 0.266 e. The first-order valence-electron chi connectivity index (χ1n) is 6.64. The zero-order chi connectivity index (χ0) is 15.5. The van der Waals surface area contributed by atoms with E-state index in [2.05, 4.69) is 0 Å². The van der Waals surface area contributed by atoms with Crippen LogP contribution in [-0.4, -0.2) is 25.7 Å². The normalized spacial score (nSPS) is 11.1. The molecule has 0 heterocycles. The van der Waals surface area contributed by atoms with Crippen molar-refractivity contribution in [2.24, 2.45) is 0 Å². The van der Waals surface area contributed by atoms with Crippen molar-refractivity contribution in [3.63, 3.8) is 0 Å². The van der Waals surface area contributed by atoms with Crippen molar-refractivity contribution in [1.29, 1.82) is 0 Å². The minimum absolute atomic E-state index is 0.139. The van der Waals surface area contributed by atoms with Gasteiger partial charge in [-0.15, -0.1) is 0 Å². The molecule has 1 amide bonds. The predicted octanol–water partition coefficient (Wildman–Crippen LogP) is 2.91. The van der Waals surface area contributed by atoms with E-state index in [9.17, 15) is 13.2 Å². The first-order valence-corrected chi connectivity index (χ1v) is 8.08. The van der Waals surface area contributed by atoms with E-state index in [0.29, 0.717) is 5.56 Å². The Morgan fingerprint density at radius 2 is 1.57 bits per heavy atom. The third-order valence-electron chi connectivity index (χ3n) is 3.26. The van der Waals surface area contributed by atoms with Gasteiger partial charge in [-0.25, -0.2) is 12.7 Å². The van der Waals surface area contributed by atoms with Gasteiger partial charge in [0.25, 0.3) is 10.0 Å². The molecule has 0 bridgehead atoms. The fourth-order valence-corrected chi connectivity index (χ4v) is 3.46. The molecule has 0 N–H and O–H groups in total. The van der Waals surface area contributed by atoms with Crippen LogP contribution in [0.2, 0.25) is 0 Å². The lowest BCUT2D eigenvalue weighted by Crippen LogP contribution is -2.32. The molecule has 0 saturated carbocycles. The number of carbonyl (C=O) groups excluding carboxylic acids is 1. The van der Waals surface area contributed by atoms with Crippen molar-refractivity contribution in [1.82, 2.24) is 4.31 Å². The number of rotatable bonds is 4. The number of sulfonamides is 1. The monoisotopic (exact) mass is 303 g/mol. The Hall–Kier alpha value is -2.14. The summed E-state index contributed by atoms with van der Waals surface area (Å²) in [6, 6.07) is 16.0. The maximum absolute atomic E-state index is 12.6. The van der Waals surface area contributed by atoms with Gasteiger partial charge in [-0.05, 0) is 11.6 Å². The molecule has 4 nitrogen and oxygen atoms in total. The second kappa shape index (κ2) is 6.10. The SMILES string of the molecule is CCC(=O)N(C)S(=O)(=O)c1ccccc1-c1ccccc1. The topological polar surface area (TPSA) is 54.5 Å². The summed E-state index contributed by atoms with van der Waals surface area (Å²) in [6.07, 6.45) is 0.142. The Bertz CT molecular complexity index is 739. The average molecular weight is 303 g/mol. The standard InChI is InChI=1S/C16H17NO3S/c1-3-16(18)17(2)21(19,20)15-12-8-7-11-14(15)13-9-5-4-6-10-13/h4-12H,3H2,1-2H3. The summed E-state index contributed by atoms with van der Waals surface area (Å²) in [5.74, 6) is -0.433. The quantitative estimate of drug-likeness (QED) is 0.872. The molecule has 0 atom stereocenters. The van der Waals surface area contributed by atoms with Crippen LogP contribution < -0.4 is 0 Å². The molecule has 110 valence electrons. The van der Waals surface area contributed by atoms with Crippen molar-refractivity contribution in [2.75, 3.05) is 7.05 Å². The Balaban J connectivity index is 2.58. The Kier molecular flexibility index (Phi) is 4.43. The molecule has 0 aromatic heterocycles. The van der Waals surface area contributed by atoms with Crippen molar-refractivity contribution >= 4 is 15.9 Å². The van der Waals surface area contributed by atoms with Crippen LogP contribution in [0.5, 0.6) is 0 Å². The lowest BCUT2D eigenvalue weighted by Gasteiger charge is -2.19. The number of carbonyl (C=O) groups is 1. The molecule has 0 fully saturated rings. The van der Waals surface area contributed by atoms with Gasteiger partial charge < -0.3 is 0 Å². The van der Waals surface area contributed by atoms with Crippen LogP contribution in [-0.2, 0) is 14.8 Å². The third-order valence-corrected chi connectivity index (χ3v) is 5.10. The highest BCUT2D eigenvalue weighted by atomic mass is 32.2. The first kappa shape index (κ1) is 15.3. The van der Waals surface area contributed by atoms with Crippen LogP contribution in [0, 0.1) is 0 Å². The van der Waals surface area contributed by atoms with Crippen molar-refractivity contribution < 1.29 is 13.2 Å². The first-order chi connectivity index (χ1) is 9.98. The highest BCUT2D eigenvalue weighted by molar-refractivity contribution is 7.89. The number of hydrogen-bond donors (Lipinski definition) is 0. The number of nitrogens with zero attached hydrogens (tertiary/aromatic N) is 1. The molecular formula is C16H17NO3S. The largest absolute Gasteiger partial charge is 0.274 e. The van der Waals surface area contributed by atoms with Gasteiger partial charge in [-0.2, -0.15) is 0 Å². The molecular weight excluding hydrogens is 286 g/mol. The molecule has 2 rings (SSSR count). The maximum atomic E-state index is 12.6. The van der Waals surface area contributed by atoms with Crippen LogP contribution in [0.15, 0.2) is 59.5 Å². The van der Waals surface area contributed by atoms with Gasteiger partial charge in [-0.3, -0.25) is 4.79 Å². The van der Waals surface area contributed by atoms with E-state index in [4.69, 9.17) is 0 Å². The Labute approximate surface area is 125 Å². The van der Waals surface area contributed by atoms with Gasteiger partial charge in [-0.1, -0.05) is 55.5 Å². The van der Waals surface area contributed by atoms with E-state index < -0.39 is 15.9 Å². The van der Waals surface area contributed by atoms with Crippen LogP contribution in [0.4, 0.5) is 0 Å². The molecule has 5 heteroatoms. The molecule has 2 aromatic carbocycles. The average Bonchev–Trinajstić information content (AvgIpc) is 2.54. The summed E-state index contributed by atoms with van der Waals surface area (Å²) in [4.78, 5) is 11.9. The summed E-state index contributed by atoms with van der Waals surface area (Å²) in [5, 5.41) is 0. The number of hydrogen-bond acceptors (Lipinski definition) is 3. The molecule has 0 aliphatic heterocycles. The van der Waals surface area contributed by atoms with Crippen LogP contribution >= 0.6 is 0 Å². The number of amides is 1. The lowest BCUT2D eigenvalue weighted by molar-refractivity contribution is -0.125. The Morgan fingerprint density at radius 3 is 2.19 bits per heavy atom. The van der Waals surface area contributed by atoms with Crippen LogP contribution in [0.25, 0.3) is 11.1 Å². The van der Waals surface area contributed by atoms with Gasteiger partial charge >= 0.3 is 0 Å². The van der Waals surface area contributed by atoms with E-state index in [-0.39, 0.29) is 11.3 Å². The van der Waals surface area contributed by atoms with Gasteiger partial charge in [0.2, 0.25) is 5.91 Å². The van der Waals surface area contributed by atoms with Crippen LogP contribution in [0.3, 0.4) is 0 Å². The fourth-order valence-electron chi connectivity index (χ4n) is 2.05. The minimum Gasteiger partial charge on any atom is -0.274 e. The smallest absolute Gasteiger partial charge is 0.266 e. The van der Waals surface area contributed by atoms with Gasteiger partial charge in [0, 0.05) is 19.0 Å². The molecule has 0 radical (unpaired) electrons. The van der Waals surface area contributed by atoms with Crippen molar-refractivity contribution in [3.05, 3.63) is 54.6 Å². The van der Waals surface area contributed by atoms with E-state index in [1.165, 1.54) is 13.1 Å². The molecule has 0 aliphatic carbocycles.